The highest BCUT2D eigenvalue weighted by Gasteiger charge is 2.13. The van der Waals surface area contributed by atoms with Gasteiger partial charge >= 0.3 is 0 Å². The Hall–Kier alpha value is -1.75. The number of halogens is 1. The molecule has 2 rings (SSSR count). The first-order valence-electron chi connectivity index (χ1n) is 7.75. The first-order chi connectivity index (χ1) is 10.6. The van der Waals surface area contributed by atoms with Crippen LogP contribution < -0.4 is 16.4 Å². The number of aliphatic imine (C=N–C) groups is 1. The van der Waals surface area contributed by atoms with Crippen molar-refractivity contribution in [2.45, 2.75) is 38.1 Å². The standard InChI is InChI=1S/C16H23ClN4O/c17-13-8-6-12(7-9-13)15(22)19-10-11-20-16(18)21-14-4-2-1-3-5-14/h6-9,14H,1-5,10-11H2,(H,19,22)(H3,18,20,21). The summed E-state index contributed by atoms with van der Waals surface area (Å²) in [5.74, 6) is 0.332. The molecule has 22 heavy (non-hydrogen) atoms. The molecule has 0 bridgehead atoms. The van der Waals surface area contributed by atoms with Gasteiger partial charge in [0.15, 0.2) is 5.96 Å². The van der Waals surface area contributed by atoms with Gasteiger partial charge in [-0.1, -0.05) is 30.9 Å². The first-order valence-corrected chi connectivity index (χ1v) is 8.13. The maximum Gasteiger partial charge on any atom is 0.251 e. The number of carbonyl (C=O) groups is 1. The minimum atomic E-state index is -0.134. The Labute approximate surface area is 136 Å². The molecule has 0 heterocycles. The molecule has 1 fully saturated rings. The topological polar surface area (TPSA) is 79.5 Å². The van der Waals surface area contributed by atoms with Gasteiger partial charge in [-0.05, 0) is 37.1 Å². The van der Waals surface area contributed by atoms with Crippen LogP contribution in [0.1, 0.15) is 42.5 Å². The molecule has 0 unspecified atom stereocenters. The van der Waals surface area contributed by atoms with Gasteiger partial charge in [-0.25, -0.2) is 0 Å². The fourth-order valence-electron chi connectivity index (χ4n) is 2.55. The Balaban J connectivity index is 1.68. The van der Waals surface area contributed by atoms with Gasteiger partial charge in [-0.2, -0.15) is 0 Å². The molecule has 0 atom stereocenters. The SMILES string of the molecule is NC(=NCCNC(=O)c1ccc(Cl)cc1)NC1CCCCC1. The third-order valence-electron chi connectivity index (χ3n) is 3.74. The number of rotatable bonds is 5. The van der Waals surface area contributed by atoms with Gasteiger partial charge < -0.3 is 16.4 Å². The summed E-state index contributed by atoms with van der Waals surface area (Å²) < 4.78 is 0. The molecule has 5 nitrogen and oxygen atoms in total. The summed E-state index contributed by atoms with van der Waals surface area (Å²) in [4.78, 5) is 16.1. The summed E-state index contributed by atoms with van der Waals surface area (Å²) in [5.41, 5.74) is 6.45. The number of hydrogen-bond acceptors (Lipinski definition) is 2. The second-order valence-electron chi connectivity index (χ2n) is 5.51. The highest BCUT2D eigenvalue weighted by Crippen LogP contribution is 2.16. The second kappa shape index (κ2) is 8.63. The van der Waals surface area contributed by atoms with Gasteiger partial charge in [0.1, 0.15) is 0 Å². The third-order valence-corrected chi connectivity index (χ3v) is 4.00. The Bertz CT molecular complexity index is 509. The van der Waals surface area contributed by atoms with Crippen molar-refractivity contribution in [2.75, 3.05) is 13.1 Å². The lowest BCUT2D eigenvalue weighted by molar-refractivity contribution is 0.0955. The number of guanidine groups is 1. The predicted octanol–water partition coefficient (Wildman–Crippen LogP) is 2.31. The van der Waals surface area contributed by atoms with Gasteiger partial charge in [0.05, 0.1) is 6.54 Å². The lowest BCUT2D eigenvalue weighted by atomic mass is 9.96. The van der Waals surface area contributed by atoms with Crippen LogP contribution in [-0.2, 0) is 0 Å². The smallest absolute Gasteiger partial charge is 0.251 e. The van der Waals surface area contributed by atoms with E-state index in [-0.39, 0.29) is 5.91 Å². The number of nitrogens with two attached hydrogens (primary N) is 1. The van der Waals surface area contributed by atoms with E-state index in [9.17, 15) is 4.79 Å². The minimum absolute atomic E-state index is 0.134. The monoisotopic (exact) mass is 322 g/mol. The quantitative estimate of drug-likeness (QED) is 0.442. The maximum atomic E-state index is 11.9. The number of hydrogen-bond donors (Lipinski definition) is 3. The Morgan fingerprint density at radius 2 is 1.91 bits per heavy atom. The molecule has 1 aromatic rings. The van der Waals surface area contributed by atoms with Crippen molar-refractivity contribution in [3.05, 3.63) is 34.9 Å². The summed E-state index contributed by atoms with van der Waals surface area (Å²) in [6, 6.07) is 7.22. The van der Waals surface area contributed by atoms with Crippen LogP contribution in [0.2, 0.25) is 5.02 Å². The molecular formula is C16H23ClN4O. The number of nitrogens with zero attached hydrogens (tertiary/aromatic N) is 1. The van der Waals surface area contributed by atoms with Crippen molar-refractivity contribution in [3.8, 4) is 0 Å². The third kappa shape index (κ3) is 5.56. The molecule has 0 aromatic heterocycles. The van der Waals surface area contributed by atoms with E-state index in [0.29, 0.717) is 35.7 Å². The largest absolute Gasteiger partial charge is 0.370 e. The number of carbonyl (C=O) groups excluding carboxylic acids is 1. The van der Waals surface area contributed by atoms with E-state index in [1.54, 1.807) is 24.3 Å². The molecule has 1 aliphatic carbocycles. The minimum Gasteiger partial charge on any atom is -0.370 e. The predicted molar refractivity (Wildman–Crippen MR) is 90.3 cm³/mol. The van der Waals surface area contributed by atoms with Crippen molar-refractivity contribution < 1.29 is 4.79 Å². The van der Waals surface area contributed by atoms with Gasteiger partial charge in [0, 0.05) is 23.2 Å². The average Bonchev–Trinajstić information content (AvgIpc) is 2.53. The summed E-state index contributed by atoms with van der Waals surface area (Å²) in [6.45, 7) is 0.916. The van der Waals surface area contributed by atoms with Crippen LogP contribution in [0.15, 0.2) is 29.3 Å². The number of nitrogens with one attached hydrogen (secondary N) is 2. The molecular weight excluding hydrogens is 300 g/mol. The Morgan fingerprint density at radius 1 is 1.23 bits per heavy atom. The van der Waals surface area contributed by atoms with Crippen molar-refractivity contribution in [1.29, 1.82) is 0 Å². The molecule has 0 radical (unpaired) electrons. The molecule has 0 saturated heterocycles. The van der Waals surface area contributed by atoms with Crippen LogP contribution in [0, 0.1) is 0 Å². The second-order valence-corrected chi connectivity index (χ2v) is 5.95. The normalized spacial score (nSPS) is 16.3. The summed E-state index contributed by atoms with van der Waals surface area (Å²) >= 11 is 5.79. The summed E-state index contributed by atoms with van der Waals surface area (Å²) in [5, 5.41) is 6.66. The zero-order valence-corrected chi connectivity index (χ0v) is 13.4. The van der Waals surface area contributed by atoms with Gasteiger partial charge in [0.25, 0.3) is 5.91 Å². The number of amides is 1. The van der Waals surface area contributed by atoms with Crippen LogP contribution in [-0.4, -0.2) is 31.0 Å². The average molecular weight is 323 g/mol. The van der Waals surface area contributed by atoms with Crippen molar-refractivity contribution in [1.82, 2.24) is 10.6 Å². The lowest BCUT2D eigenvalue weighted by Crippen LogP contribution is -2.41. The van der Waals surface area contributed by atoms with E-state index in [4.69, 9.17) is 17.3 Å². The Kier molecular flexibility index (Phi) is 6.52. The van der Waals surface area contributed by atoms with E-state index in [2.05, 4.69) is 15.6 Å². The van der Waals surface area contributed by atoms with Crippen LogP contribution >= 0.6 is 11.6 Å². The number of benzene rings is 1. The van der Waals surface area contributed by atoms with Crippen LogP contribution in [0.3, 0.4) is 0 Å². The summed E-state index contributed by atoms with van der Waals surface area (Å²) in [6.07, 6.45) is 6.13. The zero-order chi connectivity index (χ0) is 15.8. The van der Waals surface area contributed by atoms with Crippen molar-refractivity contribution >= 4 is 23.5 Å². The van der Waals surface area contributed by atoms with Gasteiger partial charge in [-0.15, -0.1) is 0 Å². The molecule has 6 heteroatoms. The van der Waals surface area contributed by atoms with E-state index in [1.165, 1.54) is 19.3 Å². The summed E-state index contributed by atoms with van der Waals surface area (Å²) in [7, 11) is 0. The molecule has 120 valence electrons. The van der Waals surface area contributed by atoms with Crippen LogP contribution in [0.25, 0.3) is 0 Å². The molecule has 0 spiro atoms. The zero-order valence-electron chi connectivity index (χ0n) is 12.6. The van der Waals surface area contributed by atoms with E-state index < -0.39 is 0 Å². The molecule has 0 aliphatic heterocycles. The van der Waals surface area contributed by atoms with Crippen LogP contribution in [0.4, 0.5) is 0 Å². The first kappa shape index (κ1) is 16.6. The fourth-order valence-corrected chi connectivity index (χ4v) is 2.68. The molecule has 1 aliphatic rings. The van der Waals surface area contributed by atoms with E-state index in [0.717, 1.165) is 12.8 Å². The molecule has 1 amide bonds. The Morgan fingerprint density at radius 3 is 2.59 bits per heavy atom. The van der Waals surface area contributed by atoms with Gasteiger partial charge in [0.2, 0.25) is 0 Å². The molecule has 1 aromatic carbocycles. The molecule has 4 N–H and O–H groups in total. The van der Waals surface area contributed by atoms with Gasteiger partial charge in [-0.3, -0.25) is 9.79 Å². The van der Waals surface area contributed by atoms with E-state index >= 15 is 0 Å². The lowest BCUT2D eigenvalue weighted by Gasteiger charge is -2.23. The van der Waals surface area contributed by atoms with Crippen LogP contribution in [0.5, 0.6) is 0 Å². The maximum absolute atomic E-state index is 11.9. The fraction of sp³-hybridized carbons (Fsp3) is 0.500. The highest BCUT2D eigenvalue weighted by molar-refractivity contribution is 6.30. The van der Waals surface area contributed by atoms with Crippen molar-refractivity contribution in [3.63, 3.8) is 0 Å². The highest BCUT2D eigenvalue weighted by atomic mass is 35.5. The van der Waals surface area contributed by atoms with E-state index in [1.807, 2.05) is 0 Å². The molecule has 1 saturated carbocycles. The van der Waals surface area contributed by atoms with Crippen molar-refractivity contribution in [2.24, 2.45) is 10.7 Å².